The lowest BCUT2D eigenvalue weighted by atomic mass is 10.2. The third-order valence-electron chi connectivity index (χ3n) is 4.22. The molecule has 0 bridgehead atoms. The minimum atomic E-state index is -4.24. The predicted octanol–water partition coefficient (Wildman–Crippen LogP) is 1.85. The Hall–Kier alpha value is -2.89. The monoisotopic (exact) mass is 409 g/mol. The number of quaternary nitrogens is 1. The molecular formula is C17H18FN4O5S+. The van der Waals surface area contributed by atoms with Crippen LogP contribution in [-0.4, -0.2) is 36.1 Å². The van der Waals surface area contributed by atoms with Gasteiger partial charge < -0.3 is 5.32 Å². The van der Waals surface area contributed by atoms with E-state index in [-0.39, 0.29) is 30.4 Å². The Morgan fingerprint density at radius 3 is 2.64 bits per heavy atom. The van der Waals surface area contributed by atoms with Crippen molar-refractivity contribution in [1.29, 1.82) is 0 Å². The molecule has 1 aromatic heterocycles. The molecule has 0 spiro atoms. The highest BCUT2D eigenvalue weighted by atomic mass is 32.2. The summed E-state index contributed by atoms with van der Waals surface area (Å²) in [4.78, 5) is 13.8. The van der Waals surface area contributed by atoms with E-state index >= 15 is 0 Å². The van der Waals surface area contributed by atoms with Gasteiger partial charge in [-0.15, -0.1) is 4.65 Å². The fraction of sp³-hybridized carbons (Fsp3) is 0.235. The second kappa shape index (κ2) is 7.62. The van der Waals surface area contributed by atoms with Gasteiger partial charge in [0.1, 0.15) is 13.1 Å². The maximum Gasteiger partial charge on any atom is 0.343 e. The van der Waals surface area contributed by atoms with E-state index in [2.05, 4.69) is 10.3 Å². The molecule has 0 aliphatic carbocycles. The first-order valence-electron chi connectivity index (χ1n) is 8.30. The summed E-state index contributed by atoms with van der Waals surface area (Å²) in [5.41, 5.74) is 1.33. The zero-order chi connectivity index (χ0) is 20.4. The average Bonchev–Trinajstić information content (AvgIpc) is 2.98. The van der Waals surface area contributed by atoms with Crippen LogP contribution in [0.3, 0.4) is 0 Å². The van der Waals surface area contributed by atoms with Crippen molar-refractivity contribution < 1.29 is 26.7 Å². The van der Waals surface area contributed by atoms with Gasteiger partial charge in [0.15, 0.2) is 0 Å². The van der Waals surface area contributed by atoms with E-state index in [1.54, 1.807) is 12.1 Å². The number of rotatable bonds is 6. The van der Waals surface area contributed by atoms with Crippen LogP contribution in [0.15, 0.2) is 59.5 Å². The van der Waals surface area contributed by atoms with Crippen LogP contribution in [0.25, 0.3) is 0 Å². The van der Waals surface area contributed by atoms with Gasteiger partial charge in [-0.2, -0.15) is 12.8 Å². The van der Waals surface area contributed by atoms with Crippen LogP contribution in [0.4, 0.5) is 4.39 Å². The first-order chi connectivity index (χ1) is 13.2. The first kappa shape index (κ1) is 19.9. The lowest BCUT2D eigenvalue weighted by Crippen LogP contribution is -2.46. The number of pyridine rings is 1. The number of hydrogen-bond donors (Lipinski definition) is 1. The van der Waals surface area contributed by atoms with E-state index in [4.69, 9.17) is 4.28 Å². The fourth-order valence-corrected chi connectivity index (χ4v) is 4.02. The van der Waals surface area contributed by atoms with Gasteiger partial charge in [0.25, 0.3) is 0 Å². The summed E-state index contributed by atoms with van der Waals surface area (Å²) in [7, 11) is -4.24. The van der Waals surface area contributed by atoms with Crippen LogP contribution in [0.5, 0.6) is 0 Å². The van der Waals surface area contributed by atoms with Gasteiger partial charge in [-0.1, -0.05) is 22.0 Å². The van der Waals surface area contributed by atoms with E-state index in [1.807, 2.05) is 6.92 Å². The van der Waals surface area contributed by atoms with Gasteiger partial charge in [-0.25, -0.2) is 4.98 Å². The van der Waals surface area contributed by atoms with Crippen LogP contribution >= 0.6 is 0 Å². The van der Waals surface area contributed by atoms with Crippen LogP contribution in [0.2, 0.25) is 0 Å². The number of aromatic nitrogens is 1. The van der Waals surface area contributed by atoms with Crippen LogP contribution in [0, 0.1) is 23.0 Å². The number of hydroxylamine groups is 3. The summed E-state index contributed by atoms with van der Waals surface area (Å²) in [6, 6.07) is 8.61. The van der Waals surface area contributed by atoms with E-state index in [9.17, 15) is 22.9 Å². The Labute approximate surface area is 160 Å². The molecule has 1 atom stereocenters. The zero-order valence-electron chi connectivity index (χ0n) is 14.9. The molecule has 148 valence electrons. The van der Waals surface area contributed by atoms with Crippen LogP contribution < -0.4 is 5.32 Å². The van der Waals surface area contributed by atoms with E-state index < -0.39 is 25.6 Å². The number of benzene rings is 1. The topological polar surface area (TPSA) is 111 Å². The third-order valence-corrected chi connectivity index (χ3v) is 5.55. The summed E-state index contributed by atoms with van der Waals surface area (Å²) < 4.78 is 43.6. The molecule has 1 N–H and O–H groups in total. The van der Waals surface area contributed by atoms with Gasteiger partial charge in [-0.05, 0) is 31.2 Å². The van der Waals surface area contributed by atoms with Crippen molar-refractivity contribution in [2.24, 2.45) is 0 Å². The molecule has 11 heteroatoms. The first-order valence-corrected chi connectivity index (χ1v) is 9.71. The molecule has 2 aromatic rings. The molecule has 0 saturated carbocycles. The SMILES string of the molecule is Cc1ccc(S(=O)(=O)O[N+]2(Cc3ccc(F)nc3)CCNC2=C[N+](=O)[O-])cc1. The Kier molecular flexibility index (Phi) is 5.40. The Morgan fingerprint density at radius 1 is 1.32 bits per heavy atom. The van der Waals surface area contributed by atoms with Gasteiger partial charge in [0.2, 0.25) is 5.95 Å². The maximum absolute atomic E-state index is 13.1. The zero-order valence-corrected chi connectivity index (χ0v) is 15.7. The largest absolute Gasteiger partial charge is 0.343 e. The quantitative estimate of drug-likeness (QED) is 0.335. The number of nitro groups is 1. The number of aryl methyl sites for hydroxylation is 1. The van der Waals surface area contributed by atoms with E-state index in [0.717, 1.165) is 11.6 Å². The maximum atomic E-state index is 13.1. The minimum absolute atomic E-state index is 0.0231. The van der Waals surface area contributed by atoms with Gasteiger partial charge >= 0.3 is 22.1 Å². The van der Waals surface area contributed by atoms with Crippen molar-refractivity contribution in [1.82, 2.24) is 10.3 Å². The molecular weight excluding hydrogens is 391 g/mol. The molecule has 0 radical (unpaired) electrons. The second-order valence-electron chi connectivity index (χ2n) is 6.33. The van der Waals surface area contributed by atoms with Crippen LogP contribution in [0.1, 0.15) is 11.1 Å². The van der Waals surface area contributed by atoms with Crippen molar-refractivity contribution in [2.45, 2.75) is 18.4 Å². The molecule has 28 heavy (non-hydrogen) atoms. The van der Waals surface area contributed by atoms with Crippen LogP contribution in [-0.2, 0) is 20.9 Å². The fourth-order valence-electron chi connectivity index (χ4n) is 2.88. The summed E-state index contributed by atoms with van der Waals surface area (Å²) in [5, 5.41) is 13.8. The summed E-state index contributed by atoms with van der Waals surface area (Å²) in [6.45, 7) is 2.10. The Balaban J connectivity index is 2.02. The predicted molar refractivity (Wildman–Crippen MR) is 95.6 cm³/mol. The molecule has 1 aromatic carbocycles. The number of hydrogen-bond acceptors (Lipinski definition) is 7. The number of nitrogens with one attached hydrogen (secondary N) is 1. The van der Waals surface area contributed by atoms with E-state index in [1.165, 1.54) is 24.4 Å². The highest BCUT2D eigenvalue weighted by Gasteiger charge is 2.47. The van der Waals surface area contributed by atoms with Crippen molar-refractivity contribution in [2.75, 3.05) is 13.1 Å². The van der Waals surface area contributed by atoms with Gasteiger partial charge in [-0.3, -0.25) is 10.1 Å². The second-order valence-corrected chi connectivity index (χ2v) is 7.86. The Morgan fingerprint density at radius 2 is 2.04 bits per heavy atom. The minimum Gasteiger partial charge on any atom is -0.328 e. The highest BCUT2D eigenvalue weighted by Crippen LogP contribution is 2.30. The molecule has 1 aliphatic heterocycles. The van der Waals surface area contributed by atoms with Crippen molar-refractivity contribution in [3.05, 3.63) is 81.8 Å². The molecule has 1 unspecified atom stereocenters. The van der Waals surface area contributed by atoms with Gasteiger partial charge in [0.05, 0.1) is 16.4 Å². The molecule has 3 rings (SSSR count). The van der Waals surface area contributed by atoms with Crippen molar-refractivity contribution in [3.8, 4) is 0 Å². The average molecular weight is 409 g/mol. The smallest absolute Gasteiger partial charge is 0.328 e. The molecule has 1 saturated heterocycles. The normalized spacial score (nSPS) is 20.9. The lowest BCUT2D eigenvalue weighted by Gasteiger charge is -2.28. The molecule has 0 amide bonds. The Bertz CT molecular complexity index is 1010. The summed E-state index contributed by atoms with van der Waals surface area (Å²) in [6.07, 6.45) is 1.91. The summed E-state index contributed by atoms with van der Waals surface area (Å²) >= 11 is 0. The third kappa shape index (κ3) is 4.32. The van der Waals surface area contributed by atoms with Crippen molar-refractivity contribution in [3.63, 3.8) is 0 Å². The lowest BCUT2D eigenvalue weighted by molar-refractivity contribution is -1.05. The highest BCUT2D eigenvalue weighted by molar-refractivity contribution is 7.86. The molecule has 9 nitrogen and oxygen atoms in total. The molecule has 2 heterocycles. The van der Waals surface area contributed by atoms with Gasteiger partial charge in [0, 0.05) is 11.8 Å². The number of nitrogens with zero attached hydrogens (tertiary/aromatic N) is 3. The number of halogens is 1. The molecule has 1 aliphatic rings. The van der Waals surface area contributed by atoms with E-state index in [0.29, 0.717) is 11.8 Å². The van der Waals surface area contributed by atoms with Crippen molar-refractivity contribution >= 4 is 10.1 Å². The standard InChI is InChI=1S/C17H18FN4O5S/c1-13-2-5-15(6-3-13)28(25,26)27-22(9-8-19-17(22)11-21(23)24)12-14-4-7-16(18)20-10-14/h2-7,10-11,19H,8-9,12H2,1H3/q+1. The summed E-state index contributed by atoms with van der Waals surface area (Å²) in [5.74, 6) is -0.714. The molecule has 1 fully saturated rings.